The summed E-state index contributed by atoms with van der Waals surface area (Å²) in [7, 11) is 1.68. The molecule has 0 aliphatic carbocycles. The van der Waals surface area contributed by atoms with Gasteiger partial charge in [0.15, 0.2) is 6.61 Å². The molecule has 3 N–H and O–H groups in total. The number of para-hydroxylation sites is 2. The maximum atomic E-state index is 11.5. The Bertz CT molecular complexity index is 449. The molecule has 0 atom stereocenters. The molecule has 104 valence electrons. The minimum Gasteiger partial charge on any atom is -0.482 e. The molecule has 0 spiro atoms. The molecule has 0 unspecified atom stereocenters. The van der Waals surface area contributed by atoms with E-state index in [2.05, 4.69) is 5.32 Å². The predicted octanol–water partition coefficient (Wildman–Crippen LogP) is 0.242. The number of anilines is 1. The Hall–Kier alpha value is -2.24. The van der Waals surface area contributed by atoms with Crippen LogP contribution in [0.2, 0.25) is 0 Å². The monoisotopic (exact) mass is 265 g/mol. The van der Waals surface area contributed by atoms with E-state index in [1.54, 1.807) is 31.3 Å². The molecule has 0 fully saturated rings. The Labute approximate surface area is 112 Å². The van der Waals surface area contributed by atoms with Crippen LogP contribution < -0.4 is 15.8 Å². The Kier molecular flexibility index (Phi) is 5.66. The number of nitrogen functional groups attached to an aromatic ring is 1. The summed E-state index contributed by atoms with van der Waals surface area (Å²) in [5.41, 5.74) is 6.14. The van der Waals surface area contributed by atoms with Gasteiger partial charge in [0.1, 0.15) is 5.75 Å². The van der Waals surface area contributed by atoms with E-state index in [1.807, 2.05) is 6.92 Å². The van der Waals surface area contributed by atoms with E-state index in [4.69, 9.17) is 10.5 Å². The summed E-state index contributed by atoms with van der Waals surface area (Å²) in [4.78, 5) is 24.5. The molecule has 0 aromatic heterocycles. The maximum Gasteiger partial charge on any atom is 0.258 e. The lowest BCUT2D eigenvalue weighted by molar-refractivity contribution is -0.132. The standard InChI is InChI=1S/C13H19N3O3/c1-3-16(2)13(18)8-15-12(17)9-19-11-7-5-4-6-10(11)14/h4-7H,3,8-9,14H2,1-2H3,(H,15,17). The van der Waals surface area contributed by atoms with Crippen LogP contribution in [0.3, 0.4) is 0 Å². The van der Waals surface area contributed by atoms with Gasteiger partial charge >= 0.3 is 0 Å². The second-order valence-electron chi connectivity index (χ2n) is 4.01. The Balaban J connectivity index is 2.33. The van der Waals surface area contributed by atoms with Crippen LogP contribution in [0.1, 0.15) is 6.92 Å². The molecule has 0 heterocycles. The topological polar surface area (TPSA) is 84.7 Å². The molecule has 2 amide bonds. The van der Waals surface area contributed by atoms with Gasteiger partial charge in [-0.05, 0) is 19.1 Å². The van der Waals surface area contributed by atoms with Crippen molar-refractivity contribution in [1.82, 2.24) is 10.2 Å². The van der Waals surface area contributed by atoms with Gasteiger partial charge in [0.2, 0.25) is 5.91 Å². The molecule has 6 heteroatoms. The lowest BCUT2D eigenvalue weighted by atomic mass is 10.3. The Morgan fingerprint density at radius 3 is 2.68 bits per heavy atom. The molecule has 0 bridgehead atoms. The number of hydrogen-bond acceptors (Lipinski definition) is 4. The van der Waals surface area contributed by atoms with Gasteiger partial charge in [-0.3, -0.25) is 9.59 Å². The average Bonchev–Trinajstić information content (AvgIpc) is 2.42. The zero-order valence-electron chi connectivity index (χ0n) is 11.2. The smallest absolute Gasteiger partial charge is 0.258 e. The van der Waals surface area contributed by atoms with Crippen molar-refractivity contribution in [2.75, 3.05) is 32.5 Å². The molecular weight excluding hydrogens is 246 g/mol. The van der Waals surface area contributed by atoms with Crippen molar-refractivity contribution in [3.63, 3.8) is 0 Å². The maximum absolute atomic E-state index is 11.5. The van der Waals surface area contributed by atoms with E-state index in [1.165, 1.54) is 4.90 Å². The zero-order valence-corrected chi connectivity index (χ0v) is 11.2. The van der Waals surface area contributed by atoms with Crippen molar-refractivity contribution in [3.05, 3.63) is 24.3 Å². The number of hydrogen-bond donors (Lipinski definition) is 2. The first-order valence-electron chi connectivity index (χ1n) is 6.02. The van der Waals surface area contributed by atoms with Gasteiger partial charge in [-0.15, -0.1) is 0 Å². The predicted molar refractivity (Wildman–Crippen MR) is 72.7 cm³/mol. The first kappa shape index (κ1) is 14.8. The van der Waals surface area contributed by atoms with Gasteiger partial charge < -0.3 is 20.7 Å². The summed E-state index contributed by atoms with van der Waals surface area (Å²) in [6.45, 7) is 2.26. The molecule has 0 radical (unpaired) electrons. The summed E-state index contributed by atoms with van der Waals surface area (Å²) >= 11 is 0. The van der Waals surface area contributed by atoms with Gasteiger partial charge in [-0.1, -0.05) is 12.1 Å². The fraction of sp³-hybridized carbons (Fsp3) is 0.385. The second kappa shape index (κ2) is 7.25. The SMILES string of the molecule is CCN(C)C(=O)CNC(=O)COc1ccccc1N. The van der Waals surface area contributed by atoms with Crippen LogP contribution in [0, 0.1) is 0 Å². The van der Waals surface area contributed by atoms with Crippen LogP contribution in [0.5, 0.6) is 5.75 Å². The van der Waals surface area contributed by atoms with E-state index in [9.17, 15) is 9.59 Å². The summed E-state index contributed by atoms with van der Waals surface area (Å²) < 4.78 is 5.26. The molecule has 0 saturated carbocycles. The van der Waals surface area contributed by atoms with Gasteiger partial charge in [0.25, 0.3) is 5.91 Å². The molecule has 19 heavy (non-hydrogen) atoms. The number of nitrogens with one attached hydrogen (secondary N) is 1. The van der Waals surface area contributed by atoms with E-state index in [-0.39, 0.29) is 25.0 Å². The van der Waals surface area contributed by atoms with Crippen molar-refractivity contribution in [1.29, 1.82) is 0 Å². The largest absolute Gasteiger partial charge is 0.482 e. The highest BCUT2D eigenvalue weighted by atomic mass is 16.5. The molecule has 0 saturated heterocycles. The number of rotatable bonds is 6. The number of ether oxygens (including phenoxy) is 1. The van der Waals surface area contributed by atoms with E-state index < -0.39 is 0 Å². The number of benzene rings is 1. The minimum absolute atomic E-state index is 0.0309. The summed E-state index contributed by atoms with van der Waals surface area (Å²) in [5, 5.41) is 2.49. The molecule has 1 aromatic rings. The molecule has 0 aliphatic heterocycles. The first-order valence-corrected chi connectivity index (χ1v) is 6.02. The van der Waals surface area contributed by atoms with E-state index in [0.29, 0.717) is 18.0 Å². The van der Waals surface area contributed by atoms with Gasteiger partial charge in [-0.2, -0.15) is 0 Å². The molecule has 1 rings (SSSR count). The normalized spacial score (nSPS) is 9.79. The summed E-state index contributed by atoms with van der Waals surface area (Å²) in [5.74, 6) is -0.0502. The Morgan fingerprint density at radius 1 is 1.37 bits per heavy atom. The van der Waals surface area contributed by atoms with Crippen LogP contribution in [0.15, 0.2) is 24.3 Å². The molecule has 6 nitrogen and oxygen atoms in total. The molecular formula is C13H19N3O3. The van der Waals surface area contributed by atoms with Gasteiger partial charge in [0.05, 0.1) is 12.2 Å². The first-order chi connectivity index (χ1) is 9.04. The number of carbonyl (C=O) groups excluding carboxylic acids is 2. The summed E-state index contributed by atoms with van der Waals surface area (Å²) in [6, 6.07) is 6.91. The minimum atomic E-state index is -0.360. The highest BCUT2D eigenvalue weighted by Crippen LogP contribution is 2.19. The number of amides is 2. The fourth-order valence-electron chi connectivity index (χ4n) is 1.29. The highest BCUT2D eigenvalue weighted by molar-refractivity contribution is 5.85. The van der Waals surface area contributed by atoms with E-state index in [0.717, 1.165) is 0 Å². The van der Waals surface area contributed by atoms with E-state index >= 15 is 0 Å². The van der Waals surface area contributed by atoms with Crippen molar-refractivity contribution < 1.29 is 14.3 Å². The molecule has 1 aromatic carbocycles. The van der Waals surface area contributed by atoms with Crippen LogP contribution in [0.4, 0.5) is 5.69 Å². The Morgan fingerprint density at radius 2 is 2.05 bits per heavy atom. The summed E-state index contributed by atoms with van der Waals surface area (Å²) in [6.07, 6.45) is 0. The number of likely N-dealkylation sites (N-methyl/N-ethyl adjacent to an activating group) is 1. The number of carbonyl (C=O) groups is 2. The average molecular weight is 265 g/mol. The second-order valence-corrected chi connectivity index (χ2v) is 4.01. The number of nitrogens with zero attached hydrogens (tertiary/aromatic N) is 1. The van der Waals surface area contributed by atoms with Crippen molar-refractivity contribution in [3.8, 4) is 5.75 Å². The van der Waals surface area contributed by atoms with Gasteiger partial charge in [0, 0.05) is 13.6 Å². The molecule has 0 aliphatic rings. The van der Waals surface area contributed by atoms with Crippen molar-refractivity contribution >= 4 is 17.5 Å². The van der Waals surface area contributed by atoms with Crippen molar-refractivity contribution in [2.24, 2.45) is 0 Å². The third-order valence-corrected chi connectivity index (χ3v) is 2.61. The highest BCUT2D eigenvalue weighted by Gasteiger charge is 2.09. The fourth-order valence-corrected chi connectivity index (χ4v) is 1.29. The van der Waals surface area contributed by atoms with Crippen LogP contribution in [-0.2, 0) is 9.59 Å². The quantitative estimate of drug-likeness (QED) is 0.722. The third-order valence-electron chi connectivity index (χ3n) is 2.61. The lowest BCUT2D eigenvalue weighted by Crippen LogP contribution is -2.39. The van der Waals surface area contributed by atoms with Crippen LogP contribution in [-0.4, -0.2) is 43.5 Å². The van der Waals surface area contributed by atoms with Crippen LogP contribution >= 0.6 is 0 Å². The van der Waals surface area contributed by atoms with Gasteiger partial charge in [-0.25, -0.2) is 0 Å². The number of nitrogens with two attached hydrogens (primary N) is 1. The third kappa shape index (κ3) is 4.87. The van der Waals surface area contributed by atoms with Crippen LogP contribution in [0.25, 0.3) is 0 Å². The van der Waals surface area contributed by atoms with Crippen molar-refractivity contribution in [2.45, 2.75) is 6.92 Å². The lowest BCUT2D eigenvalue weighted by Gasteiger charge is -2.15. The zero-order chi connectivity index (χ0) is 14.3.